The van der Waals surface area contributed by atoms with E-state index in [1.54, 1.807) is 28.9 Å². The van der Waals surface area contributed by atoms with Gasteiger partial charge >= 0.3 is 0 Å². The number of benzene rings is 1. The highest BCUT2D eigenvalue weighted by Gasteiger charge is 2.10. The van der Waals surface area contributed by atoms with Gasteiger partial charge in [-0.2, -0.15) is 5.10 Å². The summed E-state index contributed by atoms with van der Waals surface area (Å²) in [5.74, 6) is 0.0679. The van der Waals surface area contributed by atoms with Gasteiger partial charge in [-0.1, -0.05) is 12.1 Å². The molecule has 0 saturated heterocycles. The molecule has 7 nitrogen and oxygen atoms in total. The Hall–Kier alpha value is -2.96. The van der Waals surface area contributed by atoms with Crippen molar-refractivity contribution in [3.05, 3.63) is 58.4 Å². The van der Waals surface area contributed by atoms with Crippen molar-refractivity contribution in [2.45, 2.75) is 39.8 Å². The van der Waals surface area contributed by atoms with E-state index in [4.69, 9.17) is 0 Å². The summed E-state index contributed by atoms with van der Waals surface area (Å²) in [6.07, 6.45) is 2.55. The molecular formula is C20H25N5O2. The molecule has 0 unspecified atom stereocenters. The van der Waals surface area contributed by atoms with Crippen molar-refractivity contribution in [1.82, 2.24) is 24.2 Å². The van der Waals surface area contributed by atoms with Gasteiger partial charge in [0.2, 0.25) is 5.91 Å². The van der Waals surface area contributed by atoms with Gasteiger partial charge in [-0.3, -0.25) is 18.8 Å². The zero-order valence-electron chi connectivity index (χ0n) is 16.1. The minimum atomic E-state index is -0.0640. The molecule has 0 saturated carbocycles. The van der Waals surface area contributed by atoms with Crippen LogP contribution in [0, 0.1) is 13.8 Å². The van der Waals surface area contributed by atoms with Crippen LogP contribution in [0.15, 0.2) is 41.5 Å². The molecule has 142 valence electrons. The van der Waals surface area contributed by atoms with Gasteiger partial charge in [0, 0.05) is 32.3 Å². The van der Waals surface area contributed by atoms with Crippen LogP contribution in [0.5, 0.6) is 0 Å². The molecule has 1 aromatic carbocycles. The largest absolute Gasteiger partial charge is 0.344 e. The summed E-state index contributed by atoms with van der Waals surface area (Å²) in [7, 11) is 1.80. The number of aromatic nitrogens is 4. The van der Waals surface area contributed by atoms with Gasteiger partial charge in [0.15, 0.2) is 0 Å². The van der Waals surface area contributed by atoms with Gasteiger partial charge in [0.05, 0.1) is 29.5 Å². The summed E-state index contributed by atoms with van der Waals surface area (Å²) >= 11 is 0. The Morgan fingerprint density at radius 2 is 1.96 bits per heavy atom. The van der Waals surface area contributed by atoms with Gasteiger partial charge in [0.1, 0.15) is 0 Å². The highest BCUT2D eigenvalue weighted by Crippen LogP contribution is 2.06. The zero-order chi connectivity index (χ0) is 19.4. The average molecular weight is 367 g/mol. The molecule has 0 aliphatic heterocycles. The van der Waals surface area contributed by atoms with Gasteiger partial charge in [0.25, 0.3) is 5.56 Å². The van der Waals surface area contributed by atoms with E-state index in [0.717, 1.165) is 11.4 Å². The molecular weight excluding hydrogens is 342 g/mol. The minimum Gasteiger partial charge on any atom is -0.344 e. The summed E-state index contributed by atoms with van der Waals surface area (Å²) in [5, 5.41) is 5.02. The summed E-state index contributed by atoms with van der Waals surface area (Å²) in [5.41, 5.74) is 2.71. The second kappa shape index (κ2) is 8.16. The first-order chi connectivity index (χ1) is 13.0. The molecule has 0 aliphatic rings. The molecule has 7 heteroatoms. The number of carbonyl (C=O) groups excluding carboxylic acids is 1. The Bertz CT molecular complexity index is 1010. The van der Waals surface area contributed by atoms with Crippen LogP contribution in [0.25, 0.3) is 10.9 Å². The lowest BCUT2D eigenvalue weighted by Crippen LogP contribution is -2.30. The fraction of sp³-hybridized carbons (Fsp3) is 0.400. The Kier molecular flexibility index (Phi) is 5.69. The third-order valence-electron chi connectivity index (χ3n) is 4.70. The molecule has 0 fully saturated rings. The number of amides is 1. The summed E-state index contributed by atoms with van der Waals surface area (Å²) < 4.78 is 3.49. The van der Waals surface area contributed by atoms with E-state index in [2.05, 4.69) is 10.1 Å². The van der Waals surface area contributed by atoms with E-state index in [9.17, 15) is 9.59 Å². The maximum atomic E-state index is 12.4. The standard InChI is InChI=1S/C20H25N5O2/c1-15-13-16(2)25(22-15)12-11-23(3)19(26)9-6-10-24-14-21-18-8-5-4-7-17(18)20(24)27/h4-5,7-8,13-14H,6,9-12H2,1-3H3. The maximum Gasteiger partial charge on any atom is 0.261 e. The predicted octanol–water partition coefficient (Wildman–Crippen LogP) is 2.15. The Labute approximate surface area is 158 Å². The number of para-hydroxylation sites is 1. The highest BCUT2D eigenvalue weighted by atomic mass is 16.2. The van der Waals surface area contributed by atoms with Gasteiger partial charge < -0.3 is 4.90 Å². The average Bonchev–Trinajstić information content (AvgIpc) is 2.98. The van der Waals surface area contributed by atoms with Crippen LogP contribution in [0.3, 0.4) is 0 Å². The number of hydrogen-bond acceptors (Lipinski definition) is 4. The first-order valence-corrected chi connectivity index (χ1v) is 9.15. The lowest BCUT2D eigenvalue weighted by molar-refractivity contribution is -0.130. The first kappa shape index (κ1) is 18.8. The quantitative estimate of drug-likeness (QED) is 0.641. The molecule has 0 spiro atoms. The number of nitrogens with zero attached hydrogens (tertiary/aromatic N) is 5. The second-order valence-electron chi connectivity index (χ2n) is 6.83. The molecule has 3 aromatic rings. The summed E-state index contributed by atoms with van der Waals surface area (Å²) in [6.45, 7) is 5.74. The van der Waals surface area contributed by atoms with Crippen LogP contribution in [-0.2, 0) is 17.9 Å². The third-order valence-corrected chi connectivity index (χ3v) is 4.70. The second-order valence-corrected chi connectivity index (χ2v) is 6.83. The fourth-order valence-corrected chi connectivity index (χ4v) is 3.13. The van der Waals surface area contributed by atoms with E-state index in [1.807, 2.05) is 42.8 Å². The molecule has 0 radical (unpaired) electrons. The van der Waals surface area contributed by atoms with Crippen LogP contribution < -0.4 is 5.56 Å². The van der Waals surface area contributed by atoms with Crippen LogP contribution in [-0.4, -0.2) is 43.7 Å². The van der Waals surface area contributed by atoms with Crippen LogP contribution in [0.4, 0.5) is 0 Å². The van der Waals surface area contributed by atoms with Crippen molar-refractivity contribution >= 4 is 16.8 Å². The van der Waals surface area contributed by atoms with E-state index in [1.165, 1.54) is 0 Å². The monoisotopic (exact) mass is 367 g/mol. The smallest absolute Gasteiger partial charge is 0.261 e. The van der Waals surface area contributed by atoms with Crippen LogP contribution >= 0.6 is 0 Å². The molecule has 2 heterocycles. The first-order valence-electron chi connectivity index (χ1n) is 9.15. The maximum absolute atomic E-state index is 12.4. The Morgan fingerprint density at radius 1 is 1.19 bits per heavy atom. The molecule has 2 aromatic heterocycles. The molecule has 0 aliphatic carbocycles. The van der Waals surface area contributed by atoms with Gasteiger partial charge in [-0.05, 0) is 38.5 Å². The Balaban J connectivity index is 1.51. The highest BCUT2D eigenvalue weighted by molar-refractivity contribution is 5.77. The normalized spacial score (nSPS) is 11.1. The predicted molar refractivity (Wildman–Crippen MR) is 105 cm³/mol. The molecule has 0 atom stereocenters. The third kappa shape index (κ3) is 4.42. The summed E-state index contributed by atoms with van der Waals surface area (Å²) in [4.78, 5) is 30.8. The van der Waals surface area contributed by atoms with Gasteiger partial charge in [-0.25, -0.2) is 4.98 Å². The van der Waals surface area contributed by atoms with E-state index < -0.39 is 0 Å². The topological polar surface area (TPSA) is 73.0 Å². The number of rotatable bonds is 7. The van der Waals surface area contributed by atoms with Crippen molar-refractivity contribution in [2.24, 2.45) is 0 Å². The number of hydrogen-bond donors (Lipinski definition) is 0. The lowest BCUT2D eigenvalue weighted by atomic mass is 10.2. The van der Waals surface area contributed by atoms with E-state index in [0.29, 0.717) is 43.4 Å². The number of likely N-dealkylation sites (N-methyl/N-ethyl adjacent to an activating group) is 1. The fourth-order valence-electron chi connectivity index (χ4n) is 3.13. The number of carbonyl (C=O) groups is 1. The molecule has 1 amide bonds. The molecule has 0 bridgehead atoms. The van der Waals surface area contributed by atoms with Crippen molar-refractivity contribution < 1.29 is 4.79 Å². The minimum absolute atomic E-state index is 0.0640. The molecule has 3 rings (SSSR count). The van der Waals surface area contributed by atoms with Crippen molar-refractivity contribution in [3.63, 3.8) is 0 Å². The number of aryl methyl sites for hydroxylation is 3. The number of fused-ring (bicyclic) bond motifs is 1. The Morgan fingerprint density at radius 3 is 2.70 bits per heavy atom. The van der Waals surface area contributed by atoms with Crippen molar-refractivity contribution in [1.29, 1.82) is 0 Å². The molecule has 27 heavy (non-hydrogen) atoms. The van der Waals surface area contributed by atoms with E-state index >= 15 is 0 Å². The van der Waals surface area contributed by atoms with Crippen LogP contribution in [0.2, 0.25) is 0 Å². The molecule has 0 N–H and O–H groups in total. The van der Waals surface area contributed by atoms with Crippen LogP contribution in [0.1, 0.15) is 24.2 Å². The SMILES string of the molecule is Cc1cc(C)n(CCN(C)C(=O)CCCn2cnc3ccccc3c2=O)n1. The lowest BCUT2D eigenvalue weighted by Gasteiger charge is -2.17. The zero-order valence-corrected chi connectivity index (χ0v) is 16.1. The van der Waals surface area contributed by atoms with Crippen molar-refractivity contribution in [3.8, 4) is 0 Å². The van der Waals surface area contributed by atoms with E-state index in [-0.39, 0.29) is 11.5 Å². The van der Waals surface area contributed by atoms with Crippen molar-refractivity contribution in [2.75, 3.05) is 13.6 Å². The van der Waals surface area contributed by atoms with Gasteiger partial charge in [-0.15, -0.1) is 0 Å². The summed E-state index contributed by atoms with van der Waals surface area (Å²) in [6, 6.07) is 9.31.